The first-order valence-corrected chi connectivity index (χ1v) is 7.97. The third-order valence-corrected chi connectivity index (χ3v) is 2.45. The third kappa shape index (κ3) is 42.9. The maximum Gasteiger partial charge on any atom is 0.303 e. The van der Waals surface area contributed by atoms with Gasteiger partial charge in [0.15, 0.2) is 0 Å². The molecule has 0 amide bonds. The highest BCUT2D eigenvalue weighted by Gasteiger charge is 1.93. The lowest BCUT2D eigenvalue weighted by molar-refractivity contribution is -0.138. The van der Waals surface area contributed by atoms with E-state index in [2.05, 4.69) is 13.8 Å². The summed E-state index contributed by atoms with van der Waals surface area (Å²) in [6.07, 6.45) is 7.58. The summed E-state index contributed by atoms with van der Waals surface area (Å²) in [5.74, 6) is -2.07. The summed E-state index contributed by atoms with van der Waals surface area (Å²) in [7, 11) is 0. The highest BCUT2D eigenvalue weighted by atomic mass is 16.4. The minimum absolute atomic E-state index is 0.292. The number of carbonyl (C=O) groups is 3. The van der Waals surface area contributed by atoms with Gasteiger partial charge in [-0.25, -0.2) is 0 Å². The molecule has 0 radical (unpaired) electrons. The number of carboxylic acids is 3. The molecule has 0 bridgehead atoms. The molecule has 0 aromatic carbocycles. The van der Waals surface area contributed by atoms with Gasteiger partial charge in [0.25, 0.3) is 0 Å². The van der Waals surface area contributed by atoms with E-state index in [0.29, 0.717) is 19.3 Å². The Morgan fingerprint density at radius 1 is 0.545 bits per heavy atom. The van der Waals surface area contributed by atoms with E-state index in [-0.39, 0.29) is 0 Å². The van der Waals surface area contributed by atoms with Crippen molar-refractivity contribution in [2.75, 3.05) is 0 Å². The molecule has 0 aliphatic heterocycles. The van der Waals surface area contributed by atoms with Crippen LogP contribution < -0.4 is 0 Å². The smallest absolute Gasteiger partial charge is 0.303 e. The van der Waals surface area contributed by atoms with Crippen LogP contribution in [0.2, 0.25) is 0 Å². The molecule has 0 unspecified atom stereocenters. The number of hydrogen-bond donors (Lipinski definition) is 3. The van der Waals surface area contributed by atoms with Crippen molar-refractivity contribution < 1.29 is 29.7 Å². The van der Waals surface area contributed by atoms with Gasteiger partial charge in [0.2, 0.25) is 0 Å². The van der Waals surface area contributed by atoms with Crippen LogP contribution in [0.15, 0.2) is 0 Å². The van der Waals surface area contributed by atoms with Crippen LogP contribution >= 0.6 is 0 Å². The Balaban J connectivity index is -0.000000249. The second-order valence-electron chi connectivity index (χ2n) is 4.85. The average molecular weight is 320 g/mol. The van der Waals surface area contributed by atoms with Crippen LogP contribution in [0.25, 0.3) is 0 Å². The van der Waals surface area contributed by atoms with E-state index < -0.39 is 17.9 Å². The van der Waals surface area contributed by atoms with Crippen LogP contribution in [-0.2, 0) is 14.4 Å². The standard InChI is InChI=1S/2C6H12O2.C4H8O2/c2*1-2-3-4-5-6(7)8;1-2-3-4(5)6/h2*2-5H2,1H3,(H,7,8);2-3H2,1H3,(H,5,6). The van der Waals surface area contributed by atoms with Crippen LogP contribution in [0.4, 0.5) is 0 Å². The van der Waals surface area contributed by atoms with E-state index in [1.807, 2.05) is 6.92 Å². The van der Waals surface area contributed by atoms with Gasteiger partial charge in [-0.3, -0.25) is 14.4 Å². The van der Waals surface area contributed by atoms with E-state index in [9.17, 15) is 14.4 Å². The van der Waals surface area contributed by atoms with Crippen molar-refractivity contribution in [2.24, 2.45) is 0 Å². The summed E-state index contributed by atoms with van der Waals surface area (Å²) in [6.45, 7) is 5.96. The van der Waals surface area contributed by atoms with Gasteiger partial charge in [-0.2, -0.15) is 0 Å². The summed E-state index contributed by atoms with van der Waals surface area (Å²) in [5, 5.41) is 24.2. The van der Waals surface area contributed by atoms with Gasteiger partial charge < -0.3 is 15.3 Å². The molecule has 0 spiro atoms. The molecular formula is C16H32O6. The largest absolute Gasteiger partial charge is 0.481 e. The number of unbranched alkanes of at least 4 members (excludes halogenated alkanes) is 4. The minimum atomic E-state index is -0.711. The van der Waals surface area contributed by atoms with Crippen molar-refractivity contribution in [3.8, 4) is 0 Å². The van der Waals surface area contributed by atoms with Gasteiger partial charge in [-0.05, 0) is 19.3 Å². The predicted octanol–water partition coefficient (Wildman–Crippen LogP) is 4.17. The first kappa shape index (κ1) is 25.4. The number of aliphatic carboxylic acids is 3. The summed E-state index contributed by atoms with van der Waals surface area (Å²) >= 11 is 0. The fraction of sp³-hybridized carbons (Fsp3) is 0.812. The Hall–Kier alpha value is -1.59. The summed E-state index contributed by atoms with van der Waals surface area (Å²) in [4.78, 5) is 29.3. The van der Waals surface area contributed by atoms with Crippen molar-refractivity contribution >= 4 is 17.9 Å². The quantitative estimate of drug-likeness (QED) is 0.521. The number of rotatable bonds is 10. The molecule has 22 heavy (non-hydrogen) atoms. The van der Waals surface area contributed by atoms with Crippen LogP contribution in [0.5, 0.6) is 0 Å². The van der Waals surface area contributed by atoms with Crippen LogP contribution in [0.1, 0.15) is 85.0 Å². The first-order chi connectivity index (χ1) is 10.3. The van der Waals surface area contributed by atoms with Gasteiger partial charge in [-0.15, -0.1) is 0 Å². The fourth-order valence-electron chi connectivity index (χ4n) is 1.27. The SMILES string of the molecule is CCCC(=O)O.CCCCCC(=O)O.CCCCCC(=O)O. The Labute approximate surface area is 133 Å². The summed E-state index contributed by atoms with van der Waals surface area (Å²) < 4.78 is 0. The molecule has 132 valence electrons. The molecule has 0 aliphatic rings. The molecule has 0 aliphatic carbocycles. The molecule has 0 aromatic heterocycles. The van der Waals surface area contributed by atoms with E-state index in [1.54, 1.807) is 0 Å². The topological polar surface area (TPSA) is 112 Å². The Morgan fingerprint density at radius 3 is 1.00 bits per heavy atom. The maximum atomic E-state index is 9.87. The van der Waals surface area contributed by atoms with E-state index in [1.165, 1.54) is 0 Å². The van der Waals surface area contributed by atoms with Gasteiger partial charge in [0.1, 0.15) is 0 Å². The van der Waals surface area contributed by atoms with Crippen molar-refractivity contribution in [1.29, 1.82) is 0 Å². The number of carboxylic acid groups (broad SMARTS) is 3. The maximum absolute atomic E-state index is 9.87. The lowest BCUT2D eigenvalue weighted by Gasteiger charge is -1.89. The Bertz CT molecular complexity index is 256. The van der Waals surface area contributed by atoms with Crippen molar-refractivity contribution in [3.05, 3.63) is 0 Å². The Morgan fingerprint density at radius 2 is 0.864 bits per heavy atom. The van der Waals surface area contributed by atoms with Gasteiger partial charge in [0.05, 0.1) is 0 Å². The van der Waals surface area contributed by atoms with E-state index in [4.69, 9.17) is 15.3 Å². The second kappa shape index (κ2) is 21.7. The zero-order valence-electron chi connectivity index (χ0n) is 14.1. The van der Waals surface area contributed by atoms with Gasteiger partial charge >= 0.3 is 17.9 Å². The lowest BCUT2D eigenvalue weighted by atomic mass is 10.2. The lowest BCUT2D eigenvalue weighted by Crippen LogP contribution is -1.92. The van der Waals surface area contributed by atoms with Crippen LogP contribution in [0, 0.1) is 0 Å². The fourth-order valence-corrected chi connectivity index (χ4v) is 1.27. The minimum Gasteiger partial charge on any atom is -0.481 e. The van der Waals surface area contributed by atoms with Gasteiger partial charge in [0, 0.05) is 19.3 Å². The molecule has 6 heteroatoms. The molecule has 0 aromatic rings. The molecule has 3 N–H and O–H groups in total. The highest BCUT2D eigenvalue weighted by molar-refractivity contribution is 5.67. The van der Waals surface area contributed by atoms with Crippen molar-refractivity contribution in [1.82, 2.24) is 0 Å². The monoisotopic (exact) mass is 320 g/mol. The van der Waals surface area contributed by atoms with Crippen molar-refractivity contribution in [3.63, 3.8) is 0 Å². The second-order valence-corrected chi connectivity index (χ2v) is 4.85. The average Bonchev–Trinajstić information content (AvgIpc) is 2.40. The molecular weight excluding hydrogens is 288 g/mol. The highest BCUT2D eigenvalue weighted by Crippen LogP contribution is 1.97. The summed E-state index contributed by atoms with van der Waals surface area (Å²) in [6, 6.07) is 0. The van der Waals surface area contributed by atoms with Crippen molar-refractivity contribution in [2.45, 2.75) is 85.0 Å². The molecule has 0 heterocycles. The van der Waals surface area contributed by atoms with Gasteiger partial charge in [-0.1, -0.05) is 46.5 Å². The normalized spacial score (nSPS) is 8.86. The van der Waals surface area contributed by atoms with E-state index >= 15 is 0 Å². The Kier molecular flexibility index (Phi) is 25.0. The van der Waals surface area contributed by atoms with Crippen LogP contribution in [0.3, 0.4) is 0 Å². The first-order valence-electron chi connectivity index (χ1n) is 7.97. The number of hydrogen-bond acceptors (Lipinski definition) is 3. The molecule has 0 rings (SSSR count). The zero-order chi connectivity index (χ0) is 17.8. The molecule has 0 saturated heterocycles. The molecule has 0 fully saturated rings. The summed E-state index contributed by atoms with van der Waals surface area (Å²) in [5.41, 5.74) is 0. The van der Waals surface area contributed by atoms with E-state index in [0.717, 1.165) is 44.9 Å². The molecule has 0 atom stereocenters. The zero-order valence-corrected chi connectivity index (χ0v) is 14.1. The van der Waals surface area contributed by atoms with Crippen LogP contribution in [-0.4, -0.2) is 33.2 Å². The third-order valence-electron chi connectivity index (χ3n) is 2.45. The molecule has 0 saturated carbocycles. The predicted molar refractivity (Wildman–Crippen MR) is 86.1 cm³/mol. The molecule has 6 nitrogen and oxygen atoms in total.